The normalized spacial score (nSPS) is 20.1. The molecule has 0 radical (unpaired) electrons. The van der Waals surface area contributed by atoms with Crippen LogP contribution in [0.1, 0.15) is 67.2 Å². The topological polar surface area (TPSA) is 45.5 Å². The molecule has 1 aromatic heterocycles. The highest BCUT2D eigenvalue weighted by Crippen LogP contribution is 2.40. The number of aryl methyl sites for hydroxylation is 3. The number of benzene rings is 1. The van der Waals surface area contributed by atoms with E-state index in [0.29, 0.717) is 12.6 Å². The van der Waals surface area contributed by atoms with Gasteiger partial charge >= 0.3 is 5.63 Å². The van der Waals surface area contributed by atoms with Crippen molar-refractivity contribution in [3.8, 4) is 0 Å². The molecule has 0 spiro atoms. The lowest BCUT2D eigenvalue weighted by Gasteiger charge is -2.37. The molecule has 0 saturated heterocycles. The van der Waals surface area contributed by atoms with Crippen molar-refractivity contribution in [2.45, 2.75) is 77.3 Å². The molecule has 0 unspecified atom stereocenters. The number of anilines is 1. The van der Waals surface area contributed by atoms with E-state index in [4.69, 9.17) is 4.42 Å². The Bertz CT molecular complexity index is 922. The predicted octanol–water partition coefficient (Wildman–Crippen LogP) is 4.22. The van der Waals surface area contributed by atoms with Crippen molar-refractivity contribution in [1.82, 2.24) is 5.32 Å². The summed E-state index contributed by atoms with van der Waals surface area (Å²) in [5, 5.41) is 4.78. The van der Waals surface area contributed by atoms with Gasteiger partial charge in [-0.15, -0.1) is 0 Å². The lowest BCUT2D eigenvalue weighted by Crippen LogP contribution is -2.35. The van der Waals surface area contributed by atoms with Crippen LogP contribution in [-0.4, -0.2) is 19.1 Å². The number of nitrogens with zero attached hydrogens (tertiary/aromatic N) is 1. The minimum atomic E-state index is -0.146. The second-order valence-corrected chi connectivity index (χ2v) is 8.64. The van der Waals surface area contributed by atoms with E-state index in [2.05, 4.69) is 23.2 Å². The quantitative estimate of drug-likeness (QED) is 0.826. The van der Waals surface area contributed by atoms with Crippen LogP contribution in [0.2, 0.25) is 0 Å². The first-order valence-electron chi connectivity index (χ1n) is 10.8. The minimum Gasteiger partial charge on any atom is -0.422 e. The van der Waals surface area contributed by atoms with E-state index >= 15 is 0 Å². The average molecular weight is 367 g/mol. The summed E-state index contributed by atoms with van der Waals surface area (Å²) in [6.45, 7) is 5.02. The Kier molecular flexibility index (Phi) is 4.47. The Balaban J connectivity index is 1.56. The van der Waals surface area contributed by atoms with Gasteiger partial charge in [-0.05, 0) is 62.6 Å². The maximum absolute atomic E-state index is 12.8. The molecule has 2 aromatic rings. The maximum atomic E-state index is 12.8. The number of nitrogens with one attached hydrogen (secondary N) is 1. The summed E-state index contributed by atoms with van der Waals surface area (Å²) in [7, 11) is 0. The fourth-order valence-electron chi connectivity index (χ4n) is 5.45. The molecule has 1 aliphatic carbocycles. The molecule has 0 atom stereocenters. The van der Waals surface area contributed by atoms with Gasteiger partial charge in [0.1, 0.15) is 5.58 Å². The largest absolute Gasteiger partial charge is 0.422 e. The Hall–Kier alpha value is -1.81. The van der Waals surface area contributed by atoms with Gasteiger partial charge in [0.25, 0.3) is 0 Å². The Morgan fingerprint density at radius 2 is 1.89 bits per heavy atom. The minimum absolute atomic E-state index is 0.146. The van der Waals surface area contributed by atoms with Crippen molar-refractivity contribution in [2.24, 2.45) is 0 Å². The summed E-state index contributed by atoms with van der Waals surface area (Å²) >= 11 is 0. The van der Waals surface area contributed by atoms with Crippen molar-refractivity contribution in [1.29, 1.82) is 0 Å². The zero-order valence-electron chi connectivity index (χ0n) is 16.4. The van der Waals surface area contributed by atoms with E-state index in [1.807, 2.05) is 0 Å². The second-order valence-electron chi connectivity index (χ2n) is 8.64. The lowest BCUT2D eigenvalue weighted by molar-refractivity contribution is 0.369. The molecule has 4 nitrogen and oxygen atoms in total. The molecule has 0 bridgehead atoms. The molecule has 3 aliphatic rings. The molecule has 1 saturated carbocycles. The van der Waals surface area contributed by atoms with Crippen LogP contribution in [0.4, 0.5) is 5.69 Å². The summed E-state index contributed by atoms with van der Waals surface area (Å²) < 4.78 is 5.96. The van der Waals surface area contributed by atoms with Gasteiger partial charge in [0.05, 0.1) is 5.56 Å². The third-order valence-corrected chi connectivity index (χ3v) is 6.94. The van der Waals surface area contributed by atoms with Gasteiger partial charge in [-0.2, -0.15) is 0 Å². The third-order valence-electron chi connectivity index (χ3n) is 6.94. The van der Waals surface area contributed by atoms with Gasteiger partial charge in [0, 0.05) is 42.3 Å². The molecular formula is C23H30N2O2. The van der Waals surface area contributed by atoms with Crippen LogP contribution < -0.4 is 15.8 Å². The molecule has 2 aliphatic heterocycles. The summed E-state index contributed by atoms with van der Waals surface area (Å²) in [4.78, 5) is 15.3. The molecular weight excluding hydrogens is 336 g/mol. The Morgan fingerprint density at radius 1 is 1.11 bits per heavy atom. The van der Waals surface area contributed by atoms with Crippen LogP contribution in [0.15, 0.2) is 15.3 Å². The van der Waals surface area contributed by atoms with Gasteiger partial charge in [0.2, 0.25) is 0 Å². The van der Waals surface area contributed by atoms with Gasteiger partial charge in [0.15, 0.2) is 0 Å². The summed E-state index contributed by atoms with van der Waals surface area (Å²) in [6.07, 6.45) is 10.9. The summed E-state index contributed by atoms with van der Waals surface area (Å²) in [6, 6.07) is 2.86. The molecule has 1 aromatic carbocycles. The smallest absolute Gasteiger partial charge is 0.341 e. The molecule has 3 heterocycles. The van der Waals surface area contributed by atoms with Crippen molar-refractivity contribution in [2.75, 3.05) is 18.0 Å². The Labute approximate surface area is 160 Å². The lowest BCUT2D eigenvalue weighted by atomic mass is 9.88. The third kappa shape index (κ3) is 2.98. The van der Waals surface area contributed by atoms with Gasteiger partial charge in [-0.25, -0.2) is 4.79 Å². The van der Waals surface area contributed by atoms with Crippen molar-refractivity contribution >= 4 is 16.7 Å². The first kappa shape index (κ1) is 17.3. The molecule has 1 N–H and O–H groups in total. The molecule has 1 fully saturated rings. The van der Waals surface area contributed by atoms with Crippen LogP contribution in [0.25, 0.3) is 11.0 Å². The van der Waals surface area contributed by atoms with Gasteiger partial charge in [-0.3, -0.25) is 0 Å². The molecule has 144 valence electrons. The first-order chi connectivity index (χ1) is 13.2. The molecule has 4 heteroatoms. The maximum Gasteiger partial charge on any atom is 0.341 e. The van der Waals surface area contributed by atoms with Gasteiger partial charge in [-0.1, -0.05) is 19.3 Å². The summed E-state index contributed by atoms with van der Waals surface area (Å²) in [5.41, 5.74) is 6.74. The van der Waals surface area contributed by atoms with Crippen LogP contribution in [0, 0.1) is 6.92 Å². The van der Waals surface area contributed by atoms with Crippen LogP contribution in [-0.2, 0) is 19.4 Å². The van der Waals surface area contributed by atoms with Crippen molar-refractivity contribution in [3.05, 3.63) is 38.7 Å². The zero-order chi connectivity index (χ0) is 18.4. The van der Waals surface area contributed by atoms with Crippen molar-refractivity contribution < 1.29 is 4.42 Å². The highest BCUT2D eigenvalue weighted by molar-refractivity contribution is 5.91. The van der Waals surface area contributed by atoms with E-state index < -0.39 is 0 Å². The van der Waals surface area contributed by atoms with Crippen LogP contribution >= 0.6 is 0 Å². The first-order valence-corrected chi connectivity index (χ1v) is 10.8. The standard InChI is InChI=1S/C23H30N2O2/c1-15-19-13-16-7-5-11-25-12-6-10-18(21(16)25)22(19)27-23(26)20(15)14-24-17-8-3-2-4-9-17/h13,17,24H,2-12,14H2,1H3. The van der Waals surface area contributed by atoms with E-state index in [-0.39, 0.29) is 5.63 Å². The fraction of sp³-hybridized carbons (Fsp3) is 0.609. The van der Waals surface area contributed by atoms with E-state index in [0.717, 1.165) is 54.4 Å². The fourth-order valence-corrected chi connectivity index (χ4v) is 5.45. The highest BCUT2D eigenvalue weighted by Gasteiger charge is 2.28. The van der Waals surface area contributed by atoms with Gasteiger partial charge < -0.3 is 14.6 Å². The van der Waals surface area contributed by atoms with E-state index in [1.165, 1.54) is 55.3 Å². The average Bonchev–Trinajstić information content (AvgIpc) is 2.70. The Morgan fingerprint density at radius 3 is 2.70 bits per heavy atom. The molecule has 0 amide bonds. The highest BCUT2D eigenvalue weighted by atomic mass is 16.4. The SMILES string of the molecule is Cc1c(CNC2CCCCC2)c(=O)oc2c3c4c(cc12)CCCN4CCC3. The summed E-state index contributed by atoms with van der Waals surface area (Å²) in [5.74, 6) is 0. The van der Waals surface area contributed by atoms with Crippen molar-refractivity contribution in [3.63, 3.8) is 0 Å². The van der Waals surface area contributed by atoms with E-state index in [1.54, 1.807) is 0 Å². The number of hydrogen-bond acceptors (Lipinski definition) is 4. The monoisotopic (exact) mass is 366 g/mol. The number of fused-ring (bicyclic) bond motifs is 2. The van der Waals surface area contributed by atoms with Crippen LogP contribution in [0.3, 0.4) is 0 Å². The molecule has 5 rings (SSSR count). The van der Waals surface area contributed by atoms with E-state index in [9.17, 15) is 4.79 Å². The zero-order valence-corrected chi connectivity index (χ0v) is 16.4. The number of hydrogen-bond donors (Lipinski definition) is 1. The second kappa shape index (κ2) is 6.97. The van der Waals surface area contributed by atoms with Crippen LogP contribution in [0.5, 0.6) is 0 Å². The number of rotatable bonds is 3. The predicted molar refractivity (Wildman–Crippen MR) is 110 cm³/mol. The molecule has 27 heavy (non-hydrogen) atoms.